The molecule has 5 heteroatoms. The zero-order valence-electron chi connectivity index (χ0n) is 15.6. The number of hydrogen-bond donors (Lipinski definition) is 1. The monoisotopic (exact) mass is 392 g/mol. The maximum atomic E-state index is 13.2. The lowest BCUT2D eigenvalue weighted by molar-refractivity contribution is -0.117. The molecular weight excluding hydrogens is 372 g/mol. The highest BCUT2D eigenvalue weighted by molar-refractivity contribution is 6.30. The van der Waals surface area contributed by atoms with Crippen molar-refractivity contribution in [3.63, 3.8) is 0 Å². The van der Waals surface area contributed by atoms with Gasteiger partial charge >= 0.3 is 0 Å². The maximum Gasteiger partial charge on any atom is 0.256 e. The Kier molecular flexibility index (Phi) is 5.05. The van der Waals surface area contributed by atoms with Gasteiger partial charge in [-0.05, 0) is 53.4 Å². The van der Waals surface area contributed by atoms with E-state index in [1.165, 1.54) is 0 Å². The van der Waals surface area contributed by atoms with Crippen LogP contribution < -0.4 is 5.32 Å². The Hall–Kier alpha value is -2.85. The predicted molar refractivity (Wildman–Crippen MR) is 113 cm³/mol. The number of hydrogen-bond acceptors (Lipinski definition) is 2. The third kappa shape index (κ3) is 4.02. The van der Waals surface area contributed by atoms with Gasteiger partial charge in [-0.3, -0.25) is 9.59 Å². The minimum atomic E-state index is -0.142. The summed E-state index contributed by atoms with van der Waals surface area (Å²) in [7, 11) is 1.75. The molecular formula is C23H21ClN2O2. The second-order valence-corrected chi connectivity index (χ2v) is 7.74. The molecule has 3 aromatic carbocycles. The van der Waals surface area contributed by atoms with Gasteiger partial charge in [0.1, 0.15) is 0 Å². The summed E-state index contributed by atoms with van der Waals surface area (Å²) in [5.41, 5.74) is 2.02. The van der Waals surface area contributed by atoms with E-state index in [0.29, 0.717) is 22.8 Å². The van der Waals surface area contributed by atoms with Crippen molar-refractivity contribution in [3.8, 4) is 0 Å². The van der Waals surface area contributed by atoms with Gasteiger partial charge in [0, 0.05) is 24.5 Å². The Morgan fingerprint density at radius 3 is 2.43 bits per heavy atom. The van der Waals surface area contributed by atoms with Crippen molar-refractivity contribution in [3.05, 3.63) is 76.8 Å². The summed E-state index contributed by atoms with van der Waals surface area (Å²) in [4.78, 5) is 27.2. The van der Waals surface area contributed by atoms with Crippen LogP contribution in [0.2, 0.25) is 5.02 Å². The molecule has 3 aromatic rings. The second kappa shape index (κ2) is 7.64. The molecule has 0 radical (unpaired) electrons. The molecule has 0 atom stereocenters. The number of carbonyl (C=O) groups excluding carboxylic acids is 2. The Bertz CT molecular complexity index is 1060. The minimum Gasteiger partial charge on any atom is -0.337 e. The van der Waals surface area contributed by atoms with Crippen LogP contribution in [-0.4, -0.2) is 23.8 Å². The number of amides is 2. The standard InChI is InChI=1S/C23H21ClN2O2/c1-26(14-15-5-4-8-19(24)11-15)23(28)20-12-17-6-2-3-7-18(17)13-21(20)25-22(27)16-9-10-16/h2-8,11-13,16H,9-10,14H2,1H3,(H,25,27). The number of halogens is 1. The van der Waals surface area contributed by atoms with E-state index in [4.69, 9.17) is 11.6 Å². The molecule has 142 valence electrons. The van der Waals surface area contributed by atoms with E-state index in [-0.39, 0.29) is 17.7 Å². The Labute approximate surface area is 169 Å². The molecule has 0 aromatic heterocycles. The quantitative estimate of drug-likeness (QED) is 0.655. The van der Waals surface area contributed by atoms with Crippen LogP contribution in [0.1, 0.15) is 28.8 Å². The van der Waals surface area contributed by atoms with Crippen LogP contribution in [-0.2, 0) is 11.3 Å². The van der Waals surface area contributed by atoms with E-state index in [2.05, 4.69) is 5.32 Å². The van der Waals surface area contributed by atoms with Gasteiger partial charge < -0.3 is 10.2 Å². The first-order valence-corrected chi connectivity index (χ1v) is 9.72. The van der Waals surface area contributed by atoms with E-state index in [0.717, 1.165) is 29.2 Å². The zero-order chi connectivity index (χ0) is 19.7. The third-order valence-corrected chi connectivity index (χ3v) is 5.21. The smallest absolute Gasteiger partial charge is 0.256 e. The van der Waals surface area contributed by atoms with Crippen LogP contribution in [0, 0.1) is 5.92 Å². The van der Waals surface area contributed by atoms with Crippen molar-refractivity contribution >= 4 is 39.9 Å². The Morgan fingerprint density at radius 1 is 1.04 bits per heavy atom. The Balaban J connectivity index is 1.66. The van der Waals surface area contributed by atoms with E-state index in [9.17, 15) is 9.59 Å². The number of rotatable bonds is 5. The van der Waals surface area contributed by atoms with E-state index in [1.807, 2.05) is 60.7 Å². The fourth-order valence-corrected chi connectivity index (χ4v) is 3.50. The lowest BCUT2D eigenvalue weighted by Crippen LogP contribution is -2.27. The van der Waals surface area contributed by atoms with Gasteiger partial charge in [-0.25, -0.2) is 0 Å². The molecule has 0 spiro atoms. The fourth-order valence-electron chi connectivity index (χ4n) is 3.29. The highest BCUT2D eigenvalue weighted by Crippen LogP contribution is 2.32. The molecule has 0 saturated heterocycles. The lowest BCUT2D eigenvalue weighted by atomic mass is 10.0. The SMILES string of the molecule is CN(Cc1cccc(Cl)c1)C(=O)c1cc2ccccc2cc1NC(=O)C1CC1. The largest absolute Gasteiger partial charge is 0.337 e. The third-order valence-electron chi connectivity index (χ3n) is 4.98. The highest BCUT2D eigenvalue weighted by atomic mass is 35.5. The van der Waals surface area contributed by atoms with Crippen LogP contribution in [0.15, 0.2) is 60.7 Å². The molecule has 0 bridgehead atoms. The number of nitrogens with zero attached hydrogens (tertiary/aromatic N) is 1. The predicted octanol–water partition coefficient (Wildman–Crippen LogP) is 5.11. The van der Waals surface area contributed by atoms with Gasteiger partial charge in [0.25, 0.3) is 5.91 Å². The molecule has 4 rings (SSSR count). The molecule has 28 heavy (non-hydrogen) atoms. The van der Waals surface area contributed by atoms with Crippen molar-refractivity contribution < 1.29 is 9.59 Å². The fraction of sp³-hybridized carbons (Fsp3) is 0.217. The average molecular weight is 393 g/mol. The van der Waals surface area contributed by atoms with Crippen molar-refractivity contribution in [1.82, 2.24) is 4.90 Å². The van der Waals surface area contributed by atoms with Gasteiger partial charge in [-0.2, -0.15) is 0 Å². The van der Waals surface area contributed by atoms with E-state index < -0.39 is 0 Å². The van der Waals surface area contributed by atoms with Crippen LogP contribution in [0.5, 0.6) is 0 Å². The number of anilines is 1. The van der Waals surface area contributed by atoms with Crippen molar-refractivity contribution in [2.45, 2.75) is 19.4 Å². The summed E-state index contributed by atoms with van der Waals surface area (Å²) in [6, 6.07) is 19.0. The summed E-state index contributed by atoms with van der Waals surface area (Å²) < 4.78 is 0. The summed E-state index contributed by atoms with van der Waals surface area (Å²) in [5.74, 6) is -0.0859. The topological polar surface area (TPSA) is 49.4 Å². The van der Waals surface area contributed by atoms with Gasteiger partial charge in [-0.15, -0.1) is 0 Å². The number of nitrogens with one attached hydrogen (secondary N) is 1. The van der Waals surface area contributed by atoms with Crippen molar-refractivity contribution in [1.29, 1.82) is 0 Å². The normalized spacial score (nSPS) is 13.4. The molecule has 1 saturated carbocycles. The minimum absolute atomic E-state index is 0.0122. The van der Waals surface area contributed by atoms with Gasteiger partial charge in [0.05, 0.1) is 11.3 Å². The maximum absolute atomic E-state index is 13.2. The highest BCUT2D eigenvalue weighted by Gasteiger charge is 2.30. The summed E-state index contributed by atoms with van der Waals surface area (Å²) >= 11 is 6.06. The Morgan fingerprint density at radius 2 is 1.75 bits per heavy atom. The molecule has 0 heterocycles. The molecule has 1 aliphatic carbocycles. The molecule has 4 nitrogen and oxygen atoms in total. The summed E-state index contributed by atoms with van der Waals surface area (Å²) in [5, 5.41) is 5.56. The first-order valence-electron chi connectivity index (χ1n) is 9.35. The molecule has 2 amide bonds. The van der Waals surface area contributed by atoms with Crippen LogP contribution in [0.3, 0.4) is 0 Å². The van der Waals surface area contributed by atoms with Crippen molar-refractivity contribution in [2.24, 2.45) is 5.92 Å². The van der Waals surface area contributed by atoms with Crippen LogP contribution in [0.25, 0.3) is 10.8 Å². The van der Waals surface area contributed by atoms with Crippen LogP contribution in [0.4, 0.5) is 5.69 Å². The zero-order valence-corrected chi connectivity index (χ0v) is 16.4. The number of benzene rings is 3. The molecule has 1 aliphatic rings. The lowest BCUT2D eigenvalue weighted by Gasteiger charge is -2.20. The number of carbonyl (C=O) groups is 2. The molecule has 0 aliphatic heterocycles. The molecule has 1 fully saturated rings. The van der Waals surface area contributed by atoms with Gasteiger partial charge in [0.2, 0.25) is 5.91 Å². The van der Waals surface area contributed by atoms with E-state index >= 15 is 0 Å². The van der Waals surface area contributed by atoms with Crippen molar-refractivity contribution in [2.75, 3.05) is 12.4 Å². The van der Waals surface area contributed by atoms with E-state index in [1.54, 1.807) is 11.9 Å². The average Bonchev–Trinajstić information content (AvgIpc) is 3.52. The first kappa shape index (κ1) is 18.5. The molecule has 1 N–H and O–H groups in total. The summed E-state index contributed by atoms with van der Waals surface area (Å²) in [6.45, 7) is 0.433. The first-order chi connectivity index (χ1) is 13.5. The number of fused-ring (bicyclic) bond motifs is 1. The molecule has 0 unspecified atom stereocenters. The van der Waals surface area contributed by atoms with Crippen LogP contribution >= 0.6 is 11.6 Å². The second-order valence-electron chi connectivity index (χ2n) is 7.30. The summed E-state index contributed by atoms with van der Waals surface area (Å²) in [6.07, 6.45) is 1.83. The van der Waals surface area contributed by atoms with Gasteiger partial charge in [0.15, 0.2) is 0 Å². The van der Waals surface area contributed by atoms with Gasteiger partial charge in [-0.1, -0.05) is 48.0 Å².